The molecule has 4 aliphatic carbocycles. The van der Waals surface area contributed by atoms with Crippen molar-refractivity contribution in [2.45, 2.75) is 85.5 Å². The van der Waals surface area contributed by atoms with E-state index in [0.717, 1.165) is 0 Å². The minimum absolute atomic E-state index is 0.0272. The van der Waals surface area contributed by atoms with Crippen molar-refractivity contribution in [3.8, 4) is 11.1 Å². The van der Waals surface area contributed by atoms with Gasteiger partial charge in [-0.3, -0.25) is 0 Å². The van der Waals surface area contributed by atoms with Crippen LogP contribution in [-0.4, -0.2) is 0 Å². The van der Waals surface area contributed by atoms with E-state index in [9.17, 15) is 0 Å². The average molecular weight is 561 g/mol. The molecule has 0 saturated heterocycles. The summed E-state index contributed by atoms with van der Waals surface area (Å²) in [5.41, 5.74) is 20.3. The molecule has 216 valence electrons. The number of allylic oxidation sites excluding steroid dienone is 6. The molecule has 0 N–H and O–H groups in total. The Balaban J connectivity index is 1.54. The molecule has 0 saturated carbocycles. The molecule has 0 nitrogen and oxygen atoms in total. The minimum atomic E-state index is -0.201. The lowest BCUT2D eigenvalue weighted by molar-refractivity contribution is 0.336. The summed E-state index contributed by atoms with van der Waals surface area (Å²) in [6.07, 6.45) is 5.10. The Morgan fingerprint density at radius 3 is 2.09 bits per heavy atom. The van der Waals surface area contributed by atoms with Gasteiger partial charge in [0, 0.05) is 16.2 Å². The quantitative estimate of drug-likeness (QED) is 0.217. The molecule has 0 amide bonds. The van der Waals surface area contributed by atoms with Gasteiger partial charge in [-0.05, 0) is 112 Å². The van der Waals surface area contributed by atoms with Crippen molar-refractivity contribution < 1.29 is 0 Å². The molecule has 0 fully saturated rings. The number of hydrogen-bond acceptors (Lipinski definition) is 0. The van der Waals surface area contributed by atoms with Gasteiger partial charge in [-0.1, -0.05) is 131 Å². The van der Waals surface area contributed by atoms with Crippen molar-refractivity contribution in [2.24, 2.45) is 11.8 Å². The van der Waals surface area contributed by atoms with Crippen molar-refractivity contribution in [3.63, 3.8) is 0 Å². The largest absolute Gasteiger partial charge is 0.0682 e. The molecule has 0 aliphatic heterocycles. The third-order valence-corrected chi connectivity index (χ3v) is 11.6. The summed E-state index contributed by atoms with van der Waals surface area (Å²) >= 11 is 0. The van der Waals surface area contributed by atoms with Gasteiger partial charge < -0.3 is 0 Å². The second kappa shape index (κ2) is 8.29. The maximum Gasteiger partial charge on any atom is 0.0473 e. The molecule has 0 aromatic heterocycles. The van der Waals surface area contributed by atoms with Gasteiger partial charge in [0.1, 0.15) is 0 Å². The molecule has 1 spiro atoms. The van der Waals surface area contributed by atoms with Gasteiger partial charge in [0.25, 0.3) is 0 Å². The Bertz CT molecular complexity index is 2030. The van der Waals surface area contributed by atoms with E-state index in [-0.39, 0.29) is 16.2 Å². The predicted molar refractivity (Wildman–Crippen MR) is 185 cm³/mol. The van der Waals surface area contributed by atoms with Crippen molar-refractivity contribution >= 4 is 21.9 Å². The number of rotatable bonds is 1. The van der Waals surface area contributed by atoms with E-state index >= 15 is 0 Å². The zero-order valence-corrected chi connectivity index (χ0v) is 27.6. The molecule has 8 rings (SSSR count). The Hall–Kier alpha value is -3.64. The molecular formula is C43H44. The summed E-state index contributed by atoms with van der Waals surface area (Å²) < 4.78 is 0. The van der Waals surface area contributed by atoms with E-state index in [4.69, 9.17) is 0 Å². The Morgan fingerprint density at radius 2 is 1.35 bits per heavy atom. The first-order chi connectivity index (χ1) is 20.3. The molecular weight excluding hydrogens is 516 g/mol. The average Bonchev–Trinajstić information content (AvgIpc) is 3.44. The summed E-state index contributed by atoms with van der Waals surface area (Å²) in [6, 6.07) is 24.0. The van der Waals surface area contributed by atoms with E-state index in [2.05, 4.69) is 142 Å². The zero-order valence-electron chi connectivity index (χ0n) is 27.6. The lowest BCUT2D eigenvalue weighted by Gasteiger charge is -2.44. The fraction of sp³-hybridized carbons (Fsp3) is 0.349. The van der Waals surface area contributed by atoms with Crippen molar-refractivity contribution in [1.29, 1.82) is 0 Å². The van der Waals surface area contributed by atoms with Crippen LogP contribution in [0.15, 0.2) is 84.0 Å². The first-order valence-corrected chi connectivity index (χ1v) is 16.3. The highest BCUT2D eigenvalue weighted by Gasteiger charge is 2.56. The van der Waals surface area contributed by atoms with Gasteiger partial charge >= 0.3 is 0 Å². The van der Waals surface area contributed by atoms with Crippen LogP contribution in [0.4, 0.5) is 0 Å². The summed E-state index contributed by atoms with van der Waals surface area (Å²) in [4.78, 5) is 0. The van der Waals surface area contributed by atoms with Gasteiger partial charge in [0.15, 0.2) is 0 Å². The zero-order chi connectivity index (χ0) is 30.4. The van der Waals surface area contributed by atoms with Crippen LogP contribution in [0.25, 0.3) is 33.0 Å². The van der Waals surface area contributed by atoms with Gasteiger partial charge in [-0.25, -0.2) is 0 Å². The van der Waals surface area contributed by atoms with E-state index in [1.807, 2.05) is 0 Å². The highest BCUT2D eigenvalue weighted by Crippen LogP contribution is 2.68. The van der Waals surface area contributed by atoms with E-state index in [1.165, 1.54) is 72.0 Å². The maximum absolute atomic E-state index is 2.65. The van der Waals surface area contributed by atoms with E-state index < -0.39 is 0 Å². The third-order valence-electron chi connectivity index (χ3n) is 11.6. The van der Waals surface area contributed by atoms with Crippen LogP contribution in [0.2, 0.25) is 0 Å². The number of benzene rings is 4. The molecule has 4 aliphatic rings. The molecule has 4 aromatic rings. The number of aryl methyl sites for hydroxylation is 2. The lowest BCUT2D eigenvalue weighted by atomic mass is 9.58. The standard InChI is InChI=1S/C43H44/c1-23(2)36-27(6)20-25(4)22-43(36)34-18-17-31-38(35(34)30-16-15-28-26(5)19-24(3)21-32(28)37(30)43)42(9,10)39-29-13-11-12-14-33(29)41(7,8)40(31)39/h11-23,36H,1-10H3. The molecule has 2 unspecified atom stereocenters. The van der Waals surface area contributed by atoms with Gasteiger partial charge in [0.2, 0.25) is 0 Å². The summed E-state index contributed by atoms with van der Waals surface area (Å²) in [7, 11) is 0. The van der Waals surface area contributed by atoms with Crippen LogP contribution >= 0.6 is 0 Å². The smallest absolute Gasteiger partial charge is 0.0473 e. The minimum Gasteiger partial charge on any atom is -0.0682 e. The van der Waals surface area contributed by atoms with Gasteiger partial charge in [-0.2, -0.15) is 0 Å². The first kappa shape index (κ1) is 26.9. The van der Waals surface area contributed by atoms with E-state index in [0.29, 0.717) is 11.8 Å². The highest BCUT2D eigenvalue weighted by molar-refractivity contribution is 6.12. The Kier molecular flexibility index (Phi) is 5.20. The second-order valence-electron chi connectivity index (χ2n) is 15.5. The van der Waals surface area contributed by atoms with E-state index in [1.54, 1.807) is 16.7 Å². The summed E-state index contributed by atoms with van der Waals surface area (Å²) in [5, 5.41) is 2.83. The van der Waals surface area contributed by atoms with Crippen molar-refractivity contribution in [2.75, 3.05) is 0 Å². The third kappa shape index (κ3) is 3.08. The summed E-state index contributed by atoms with van der Waals surface area (Å²) in [6.45, 7) is 24.0. The van der Waals surface area contributed by atoms with Crippen LogP contribution in [0, 0.1) is 25.7 Å². The summed E-state index contributed by atoms with van der Waals surface area (Å²) in [5.74, 6) is 0.887. The maximum atomic E-state index is 2.65. The molecule has 2 atom stereocenters. The van der Waals surface area contributed by atoms with Crippen molar-refractivity contribution in [1.82, 2.24) is 0 Å². The topological polar surface area (TPSA) is 0 Å². The van der Waals surface area contributed by atoms with Crippen LogP contribution < -0.4 is 0 Å². The molecule has 0 radical (unpaired) electrons. The van der Waals surface area contributed by atoms with Crippen molar-refractivity contribution in [3.05, 3.63) is 128 Å². The number of hydrogen-bond donors (Lipinski definition) is 0. The molecule has 4 aromatic carbocycles. The number of fused-ring (bicyclic) bond motifs is 12. The van der Waals surface area contributed by atoms with Crippen LogP contribution in [0.1, 0.15) is 99.9 Å². The van der Waals surface area contributed by atoms with Gasteiger partial charge in [-0.15, -0.1) is 0 Å². The predicted octanol–water partition coefficient (Wildman–Crippen LogP) is 11.4. The van der Waals surface area contributed by atoms with Crippen LogP contribution in [0.3, 0.4) is 0 Å². The first-order valence-electron chi connectivity index (χ1n) is 16.3. The normalized spacial score (nSPS) is 23.7. The van der Waals surface area contributed by atoms with Crippen LogP contribution in [-0.2, 0) is 16.2 Å². The fourth-order valence-corrected chi connectivity index (χ4v) is 10.6. The molecule has 43 heavy (non-hydrogen) atoms. The highest BCUT2D eigenvalue weighted by atomic mass is 14.6. The molecule has 0 heterocycles. The molecule has 0 heteroatoms. The Morgan fingerprint density at radius 1 is 0.651 bits per heavy atom. The fourth-order valence-electron chi connectivity index (χ4n) is 10.6. The Labute approximate surface area is 258 Å². The monoisotopic (exact) mass is 560 g/mol. The molecule has 0 bridgehead atoms. The van der Waals surface area contributed by atoms with Crippen LogP contribution in [0.5, 0.6) is 0 Å². The lowest BCUT2D eigenvalue weighted by Crippen LogP contribution is -2.39. The second-order valence-corrected chi connectivity index (χ2v) is 15.5. The SMILES string of the molecule is CC1=CC2(c3ccc4c(c3-c3ccc5c(C)cc(C)cc5c32)C(C)(C)C2=C4C(C)(C)c3ccccc32)C(C(C)C)C(C)=C1. The van der Waals surface area contributed by atoms with Gasteiger partial charge in [0.05, 0.1) is 0 Å².